The third kappa shape index (κ3) is 8.02. The van der Waals surface area contributed by atoms with Gasteiger partial charge in [0.1, 0.15) is 12.4 Å². The number of rotatable bonds is 10. The summed E-state index contributed by atoms with van der Waals surface area (Å²) in [6.45, 7) is 1.08. The molecule has 2 atom stereocenters. The van der Waals surface area contributed by atoms with Crippen LogP contribution in [0, 0.1) is 0 Å². The number of benzene rings is 2. The summed E-state index contributed by atoms with van der Waals surface area (Å²) >= 11 is 0. The fourth-order valence-corrected chi connectivity index (χ4v) is 2.95. The van der Waals surface area contributed by atoms with Crippen LogP contribution in [0.1, 0.15) is 28.8 Å². The highest BCUT2D eigenvalue weighted by molar-refractivity contribution is 7.85. The first-order chi connectivity index (χ1) is 14.9. The first-order valence-electron chi connectivity index (χ1n) is 9.16. The fraction of sp³-hybridized carbons (Fsp3) is 0.350. The summed E-state index contributed by atoms with van der Waals surface area (Å²) in [5.41, 5.74) is 0.561. The Labute approximate surface area is 182 Å². The molecule has 176 valence electrons. The van der Waals surface area contributed by atoms with E-state index in [1.54, 1.807) is 37.3 Å². The average molecular weight is 478 g/mol. The van der Waals surface area contributed by atoms with Crippen molar-refractivity contribution in [2.75, 3.05) is 19.5 Å². The molecule has 0 amide bonds. The smallest absolute Gasteiger partial charge is 0.461 e. The SMILES string of the molecule is COC(Oc1cc(C(=O)OCCS(=O)(=O)O)ccc1OC(F)(F)F)C(C)c1ccccc1. The number of hydrogen-bond acceptors (Lipinski definition) is 7. The van der Waals surface area contributed by atoms with Crippen LogP contribution in [-0.4, -0.2) is 51.1 Å². The Morgan fingerprint density at radius 2 is 1.75 bits per heavy atom. The Hall–Kier alpha value is -2.83. The molecule has 32 heavy (non-hydrogen) atoms. The maximum Gasteiger partial charge on any atom is 0.573 e. The lowest BCUT2D eigenvalue weighted by Gasteiger charge is -2.25. The summed E-state index contributed by atoms with van der Waals surface area (Å²) in [4.78, 5) is 12.1. The molecule has 0 aliphatic carbocycles. The second-order valence-corrected chi connectivity index (χ2v) is 8.12. The first-order valence-corrected chi connectivity index (χ1v) is 10.8. The lowest BCUT2D eigenvalue weighted by molar-refractivity contribution is -0.275. The van der Waals surface area contributed by atoms with E-state index in [0.717, 1.165) is 23.8 Å². The number of esters is 1. The number of alkyl halides is 3. The summed E-state index contributed by atoms with van der Waals surface area (Å²) in [5.74, 6) is -3.44. The van der Waals surface area contributed by atoms with Crippen molar-refractivity contribution in [1.82, 2.24) is 0 Å². The molecule has 0 aromatic heterocycles. The van der Waals surface area contributed by atoms with Crippen LogP contribution in [0.4, 0.5) is 13.2 Å². The van der Waals surface area contributed by atoms with Crippen LogP contribution < -0.4 is 9.47 Å². The van der Waals surface area contributed by atoms with Gasteiger partial charge in [-0.2, -0.15) is 8.42 Å². The van der Waals surface area contributed by atoms with E-state index in [9.17, 15) is 26.4 Å². The minimum atomic E-state index is -5.02. The molecule has 0 saturated carbocycles. The van der Waals surface area contributed by atoms with Crippen molar-refractivity contribution in [3.63, 3.8) is 0 Å². The van der Waals surface area contributed by atoms with Gasteiger partial charge in [0, 0.05) is 13.0 Å². The van der Waals surface area contributed by atoms with Crippen molar-refractivity contribution in [2.45, 2.75) is 25.5 Å². The molecule has 0 aliphatic heterocycles. The number of methoxy groups -OCH3 is 1. The van der Waals surface area contributed by atoms with Gasteiger partial charge in [-0.3, -0.25) is 4.55 Å². The molecule has 0 radical (unpaired) electrons. The third-order valence-electron chi connectivity index (χ3n) is 4.19. The molecule has 0 saturated heterocycles. The van der Waals surface area contributed by atoms with Crippen LogP contribution in [0.3, 0.4) is 0 Å². The number of halogens is 3. The van der Waals surface area contributed by atoms with Gasteiger partial charge in [0.15, 0.2) is 11.5 Å². The van der Waals surface area contributed by atoms with Crippen molar-refractivity contribution >= 4 is 16.1 Å². The minimum absolute atomic E-state index is 0.230. The molecule has 0 spiro atoms. The van der Waals surface area contributed by atoms with Gasteiger partial charge in [-0.1, -0.05) is 37.3 Å². The Morgan fingerprint density at radius 3 is 2.31 bits per heavy atom. The zero-order chi connectivity index (χ0) is 23.9. The quantitative estimate of drug-likeness (QED) is 0.312. The second-order valence-electron chi connectivity index (χ2n) is 6.55. The Morgan fingerprint density at radius 1 is 1.09 bits per heavy atom. The normalized spacial score (nSPS) is 13.8. The number of ether oxygens (including phenoxy) is 4. The zero-order valence-corrected chi connectivity index (χ0v) is 17.9. The van der Waals surface area contributed by atoms with E-state index >= 15 is 0 Å². The lowest BCUT2D eigenvalue weighted by Crippen LogP contribution is -2.27. The van der Waals surface area contributed by atoms with Gasteiger partial charge in [0.05, 0.1) is 5.56 Å². The second kappa shape index (κ2) is 10.7. The highest BCUT2D eigenvalue weighted by Crippen LogP contribution is 2.36. The molecule has 8 nitrogen and oxygen atoms in total. The van der Waals surface area contributed by atoms with E-state index in [1.807, 2.05) is 0 Å². The molecule has 0 aliphatic rings. The Kier molecular flexibility index (Phi) is 8.47. The molecule has 2 unspecified atom stereocenters. The largest absolute Gasteiger partial charge is 0.573 e. The van der Waals surface area contributed by atoms with Gasteiger partial charge in [-0.05, 0) is 23.8 Å². The van der Waals surface area contributed by atoms with E-state index in [0.29, 0.717) is 0 Å². The maximum absolute atomic E-state index is 12.8. The van der Waals surface area contributed by atoms with Crippen LogP contribution in [0.2, 0.25) is 0 Å². The standard InChI is InChI=1S/C20H21F3O8S/c1-13(14-6-4-3-5-7-14)19(28-2)30-17-12-15(8-9-16(17)31-20(21,22)23)18(24)29-10-11-32(25,26)27/h3-9,12-13,19H,10-11H2,1-2H3,(H,25,26,27). The Balaban J connectivity index is 2.29. The predicted octanol–water partition coefficient (Wildman–Crippen LogP) is 3.78. The highest BCUT2D eigenvalue weighted by atomic mass is 32.2. The van der Waals surface area contributed by atoms with Gasteiger partial charge in [0.25, 0.3) is 10.1 Å². The van der Waals surface area contributed by atoms with Crippen LogP contribution in [0.15, 0.2) is 48.5 Å². The molecule has 2 aromatic carbocycles. The van der Waals surface area contributed by atoms with Gasteiger partial charge in [0.2, 0.25) is 6.29 Å². The summed E-state index contributed by atoms with van der Waals surface area (Å²) in [6.07, 6.45) is -6.07. The predicted molar refractivity (Wildman–Crippen MR) is 106 cm³/mol. The third-order valence-corrected chi connectivity index (χ3v) is 4.87. The summed E-state index contributed by atoms with van der Waals surface area (Å²) in [7, 11) is -3.05. The zero-order valence-electron chi connectivity index (χ0n) is 17.0. The number of hydrogen-bond donors (Lipinski definition) is 1. The summed E-state index contributed by atoms with van der Waals surface area (Å²) < 4.78 is 88.2. The lowest BCUT2D eigenvalue weighted by atomic mass is 10.0. The van der Waals surface area contributed by atoms with Crippen molar-refractivity contribution in [3.8, 4) is 11.5 Å². The van der Waals surface area contributed by atoms with E-state index in [1.165, 1.54) is 7.11 Å². The van der Waals surface area contributed by atoms with E-state index in [4.69, 9.17) is 18.8 Å². The monoisotopic (exact) mass is 478 g/mol. The first kappa shape index (κ1) is 25.4. The van der Waals surface area contributed by atoms with Crippen molar-refractivity contribution < 1.29 is 49.9 Å². The molecule has 1 N–H and O–H groups in total. The maximum atomic E-state index is 12.8. The topological polar surface area (TPSA) is 108 Å². The van der Waals surface area contributed by atoms with Crippen molar-refractivity contribution in [1.29, 1.82) is 0 Å². The van der Waals surface area contributed by atoms with Crippen molar-refractivity contribution in [2.24, 2.45) is 0 Å². The van der Waals surface area contributed by atoms with Gasteiger partial charge >= 0.3 is 12.3 Å². The molecule has 0 fully saturated rings. The van der Waals surface area contributed by atoms with E-state index in [-0.39, 0.29) is 5.56 Å². The molecular weight excluding hydrogens is 457 g/mol. The van der Waals surface area contributed by atoms with Crippen molar-refractivity contribution in [3.05, 3.63) is 59.7 Å². The van der Waals surface area contributed by atoms with Crippen LogP contribution in [0.25, 0.3) is 0 Å². The van der Waals surface area contributed by atoms with E-state index in [2.05, 4.69) is 4.74 Å². The summed E-state index contributed by atoms with van der Waals surface area (Å²) in [6, 6.07) is 11.7. The fourth-order valence-electron chi connectivity index (χ4n) is 2.65. The van der Waals surface area contributed by atoms with Gasteiger partial charge < -0.3 is 18.9 Å². The Bertz CT molecular complexity index is 1010. The number of carbonyl (C=O) groups is 1. The molecule has 2 rings (SSSR count). The minimum Gasteiger partial charge on any atom is -0.461 e. The molecule has 12 heteroatoms. The molecular formula is C20H21F3O8S. The molecule has 0 heterocycles. The highest BCUT2D eigenvalue weighted by Gasteiger charge is 2.33. The van der Waals surface area contributed by atoms with E-state index < -0.39 is 58.5 Å². The average Bonchev–Trinajstić information content (AvgIpc) is 2.71. The molecule has 2 aromatic rings. The van der Waals surface area contributed by atoms with Crippen LogP contribution in [0.5, 0.6) is 11.5 Å². The van der Waals surface area contributed by atoms with Crippen LogP contribution >= 0.6 is 0 Å². The van der Waals surface area contributed by atoms with Crippen LogP contribution in [-0.2, 0) is 19.6 Å². The van der Waals surface area contributed by atoms with Gasteiger partial charge in [-0.15, -0.1) is 13.2 Å². The molecule has 0 bridgehead atoms. The number of carbonyl (C=O) groups excluding carboxylic acids is 1. The van der Waals surface area contributed by atoms with Gasteiger partial charge in [-0.25, -0.2) is 4.79 Å². The summed E-state index contributed by atoms with van der Waals surface area (Å²) in [5, 5.41) is 0.